The summed E-state index contributed by atoms with van der Waals surface area (Å²) in [7, 11) is 0. The molecule has 0 spiro atoms. The number of aromatic nitrogens is 1. The molecule has 0 aliphatic rings. The number of hydrogen-bond donors (Lipinski definition) is 3. The first-order valence-corrected chi connectivity index (χ1v) is 8.48. The van der Waals surface area contributed by atoms with Gasteiger partial charge in [0, 0.05) is 25.7 Å². The fourth-order valence-corrected chi connectivity index (χ4v) is 2.78. The number of nitrogens with zero attached hydrogens (tertiary/aromatic N) is 1. The third kappa shape index (κ3) is 3.85. The Morgan fingerprint density at radius 1 is 1.25 bits per heavy atom. The minimum Gasteiger partial charge on any atom is -0.480 e. The number of carboxylic acid groups (broad SMARTS) is 1. The lowest BCUT2D eigenvalue weighted by Crippen LogP contribution is -2.42. The monoisotopic (exact) mass is 395 g/mol. The molecule has 0 saturated carbocycles. The number of amides is 2. The number of aryl methyl sites for hydroxylation is 1. The quantitative estimate of drug-likeness (QED) is 0.690. The molecule has 1 heterocycles. The molecule has 28 heavy (non-hydrogen) atoms. The molecule has 0 bridgehead atoms. The van der Waals surface area contributed by atoms with Crippen LogP contribution in [0.5, 0.6) is 0 Å². The van der Waals surface area contributed by atoms with E-state index in [1.54, 1.807) is 6.92 Å². The Labute approximate surface area is 158 Å². The van der Waals surface area contributed by atoms with Crippen molar-refractivity contribution in [1.29, 1.82) is 0 Å². The molecule has 0 fully saturated rings. The molecule has 1 aromatic heterocycles. The number of aliphatic carboxylic acids is 1. The molecule has 2 amide bonds. The summed E-state index contributed by atoms with van der Waals surface area (Å²) < 4.78 is 29.6. The van der Waals surface area contributed by atoms with Crippen molar-refractivity contribution in [1.82, 2.24) is 9.88 Å². The van der Waals surface area contributed by atoms with Gasteiger partial charge in [0.25, 0.3) is 5.91 Å². The van der Waals surface area contributed by atoms with Crippen molar-refractivity contribution >= 4 is 34.4 Å². The van der Waals surface area contributed by atoms with Gasteiger partial charge in [0.1, 0.15) is 11.6 Å². The standard InChI is InChI=1S/C18H19F2N3O5/c1-4-11(18(27)28)22-17(26)9-7-23(5-2)12-6-10(19)14(20)15(21-8(3)24)13(12)16(9)25/h6-7,11H,4-5H2,1-3H3,(H,21,24)(H,22,26)(H,27,28). The second-order valence-corrected chi connectivity index (χ2v) is 6.05. The van der Waals surface area contributed by atoms with Crippen LogP contribution in [-0.4, -0.2) is 33.5 Å². The van der Waals surface area contributed by atoms with E-state index in [1.807, 2.05) is 0 Å². The highest BCUT2D eigenvalue weighted by molar-refractivity contribution is 6.04. The highest BCUT2D eigenvalue weighted by Gasteiger charge is 2.25. The van der Waals surface area contributed by atoms with Gasteiger partial charge < -0.3 is 20.3 Å². The predicted molar refractivity (Wildman–Crippen MR) is 97.3 cm³/mol. The first-order valence-electron chi connectivity index (χ1n) is 8.48. The molecule has 0 aliphatic carbocycles. The number of halogens is 2. The molecular formula is C18H19F2N3O5. The lowest BCUT2D eigenvalue weighted by molar-refractivity contribution is -0.139. The van der Waals surface area contributed by atoms with Gasteiger partial charge >= 0.3 is 5.97 Å². The summed E-state index contributed by atoms with van der Waals surface area (Å²) in [6.45, 7) is 4.44. The average Bonchev–Trinajstić information content (AvgIpc) is 2.62. The van der Waals surface area contributed by atoms with Crippen LogP contribution in [0.3, 0.4) is 0 Å². The highest BCUT2D eigenvalue weighted by Crippen LogP contribution is 2.27. The molecule has 0 saturated heterocycles. The second-order valence-electron chi connectivity index (χ2n) is 6.05. The maximum absolute atomic E-state index is 14.3. The van der Waals surface area contributed by atoms with Crippen LogP contribution in [0, 0.1) is 11.6 Å². The van der Waals surface area contributed by atoms with E-state index in [4.69, 9.17) is 5.11 Å². The number of anilines is 1. The fraction of sp³-hybridized carbons (Fsp3) is 0.333. The Hall–Kier alpha value is -3.30. The molecule has 150 valence electrons. The Bertz CT molecular complexity index is 1030. The largest absolute Gasteiger partial charge is 0.480 e. The molecule has 1 aromatic carbocycles. The number of fused-ring (bicyclic) bond motifs is 1. The molecule has 10 heteroatoms. The van der Waals surface area contributed by atoms with Gasteiger partial charge in [0.2, 0.25) is 11.3 Å². The van der Waals surface area contributed by atoms with Crippen molar-refractivity contribution in [2.75, 3.05) is 5.32 Å². The minimum atomic E-state index is -1.43. The molecule has 1 unspecified atom stereocenters. The summed E-state index contributed by atoms with van der Waals surface area (Å²) in [5.74, 6) is -5.69. The molecule has 8 nitrogen and oxygen atoms in total. The number of carboxylic acids is 1. The molecule has 2 rings (SSSR count). The van der Waals surface area contributed by atoms with Gasteiger partial charge in [-0.15, -0.1) is 0 Å². The normalized spacial score (nSPS) is 11.9. The van der Waals surface area contributed by atoms with Crippen LogP contribution in [0.4, 0.5) is 14.5 Å². The van der Waals surface area contributed by atoms with Crippen molar-refractivity contribution in [3.63, 3.8) is 0 Å². The lowest BCUT2D eigenvalue weighted by atomic mass is 10.1. The Morgan fingerprint density at radius 3 is 2.39 bits per heavy atom. The van der Waals surface area contributed by atoms with Crippen LogP contribution in [-0.2, 0) is 16.1 Å². The van der Waals surface area contributed by atoms with Crippen LogP contribution < -0.4 is 16.1 Å². The van der Waals surface area contributed by atoms with Crippen molar-refractivity contribution in [3.05, 3.63) is 39.7 Å². The highest BCUT2D eigenvalue weighted by atomic mass is 19.2. The van der Waals surface area contributed by atoms with Crippen molar-refractivity contribution in [2.24, 2.45) is 0 Å². The third-order valence-electron chi connectivity index (χ3n) is 4.16. The van der Waals surface area contributed by atoms with Gasteiger partial charge in [-0.05, 0) is 13.3 Å². The molecule has 0 aliphatic heterocycles. The first kappa shape index (κ1) is 21.0. The number of nitrogens with one attached hydrogen (secondary N) is 2. The van der Waals surface area contributed by atoms with Crippen molar-refractivity contribution in [2.45, 2.75) is 39.8 Å². The number of hydrogen-bond acceptors (Lipinski definition) is 4. The number of carbonyl (C=O) groups is 3. The SMILES string of the molecule is CCC(NC(=O)c1cn(CC)c2cc(F)c(F)c(NC(C)=O)c2c1=O)C(=O)O. The van der Waals surface area contributed by atoms with E-state index in [2.05, 4.69) is 10.6 Å². The van der Waals surface area contributed by atoms with E-state index in [-0.39, 0.29) is 23.9 Å². The van der Waals surface area contributed by atoms with Crippen LogP contribution >= 0.6 is 0 Å². The van der Waals surface area contributed by atoms with Crippen molar-refractivity contribution in [3.8, 4) is 0 Å². The van der Waals surface area contributed by atoms with Crippen LogP contribution in [0.1, 0.15) is 37.6 Å². The van der Waals surface area contributed by atoms with Gasteiger partial charge in [-0.2, -0.15) is 0 Å². The van der Waals surface area contributed by atoms with Gasteiger partial charge in [-0.1, -0.05) is 6.92 Å². The lowest BCUT2D eigenvalue weighted by Gasteiger charge is -2.17. The molecule has 3 N–H and O–H groups in total. The summed E-state index contributed by atoms with van der Waals surface area (Å²) >= 11 is 0. The second kappa shape index (κ2) is 8.15. The Morgan fingerprint density at radius 2 is 1.89 bits per heavy atom. The zero-order valence-electron chi connectivity index (χ0n) is 15.4. The van der Waals surface area contributed by atoms with Crippen LogP contribution in [0.2, 0.25) is 0 Å². The number of pyridine rings is 1. The van der Waals surface area contributed by atoms with Gasteiger partial charge in [-0.25, -0.2) is 13.6 Å². The summed E-state index contributed by atoms with van der Waals surface area (Å²) in [5.41, 5.74) is -2.10. The zero-order valence-corrected chi connectivity index (χ0v) is 15.4. The summed E-state index contributed by atoms with van der Waals surface area (Å²) in [6.07, 6.45) is 1.22. The molecule has 1 atom stereocenters. The zero-order chi connectivity index (χ0) is 21.2. The Balaban J connectivity index is 2.80. The molecule has 0 radical (unpaired) electrons. The number of benzene rings is 1. The molecule has 2 aromatic rings. The van der Waals surface area contributed by atoms with Gasteiger partial charge in [-0.3, -0.25) is 14.4 Å². The topological polar surface area (TPSA) is 118 Å². The van der Waals surface area contributed by atoms with Crippen LogP contribution in [0.15, 0.2) is 17.1 Å². The fourth-order valence-electron chi connectivity index (χ4n) is 2.78. The number of carbonyl (C=O) groups excluding carboxylic acids is 2. The smallest absolute Gasteiger partial charge is 0.326 e. The van der Waals surface area contributed by atoms with E-state index in [0.29, 0.717) is 0 Å². The van der Waals surface area contributed by atoms with E-state index >= 15 is 0 Å². The summed E-state index contributed by atoms with van der Waals surface area (Å²) in [5, 5.41) is 13.0. The maximum atomic E-state index is 14.3. The Kier molecular flexibility index (Phi) is 6.12. The third-order valence-corrected chi connectivity index (χ3v) is 4.16. The van der Waals surface area contributed by atoms with E-state index in [9.17, 15) is 28.0 Å². The van der Waals surface area contributed by atoms with Gasteiger partial charge in [0.05, 0.1) is 16.6 Å². The van der Waals surface area contributed by atoms with E-state index in [0.717, 1.165) is 19.2 Å². The first-order chi connectivity index (χ1) is 13.1. The predicted octanol–water partition coefficient (Wildman–Crippen LogP) is 1.85. The number of rotatable bonds is 6. The minimum absolute atomic E-state index is 0.0167. The summed E-state index contributed by atoms with van der Waals surface area (Å²) in [6, 6.07) is -0.424. The van der Waals surface area contributed by atoms with E-state index < -0.39 is 52.1 Å². The molecular weight excluding hydrogens is 376 g/mol. The summed E-state index contributed by atoms with van der Waals surface area (Å²) in [4.78, 5) is 47.9. The van der Waals surface area contributed by atoms with E-state index in [1.165, 1.54) is 11.5 Å². The van der Waals surface area contributed by atoms with Crippen molar-refractivity contribution < 1.29 is 28.3 Å². The maximum Gasteiger partial charge on any atom is 0.326 e. The van der Waals surface area contributed by atoms with Crippen LogP contribution in [0.25, 0.3) is 10.9 Å². The van der Waals surface area contributed by atoms with Gasteiger partial charge in [0.15, 0.2) is 11.6 Å². The average molecular weight is 395 g/mol.